The van der Waals surface area contributed by atoms with Crippen molar-refractivity contribution in [2.24, 2.45) is 0 Å². The van der Waals surface area contributed by atoms with Crippen molar-refractivity contribution in [2.75, 3.05) is 29.1 Å². The lowest BCUT2D eigenvalue weighted by molar-refractivity contribution is -0.118. The summed E-state index contributed by atoms with van der Waals surface area (Å²) in [5.41, 5.74) is 3.32. The van der Waals surface area contributed by atoms with Gasteiger partial charge in [-0.05, 0) is 43.2 Å². The maximum Gasteiger partial charge on any atom is 0.232 e. The molecule has 0 N–H and O–H groups in total. The van der Waals surface area contributed by atoms with Gasteiger partial charge in [0.05, 0.1) is 11.9 Å². The SMILES string of the molecule is Cc1cccc(N(CCC(=O)N(C)c2ccccc2)S(C)(=O)=O)c1C. The van der Waals surface area contributed by atoms with E-state index in [2.05, 4.69) is 0 Å². The second kappa shape index (κ2) is 7.70. The summed E-state index contributed by atoms with van der Waals surface area (Å²) in [6, 6.07) is 14.8. The minimum atomic E-state index is -3.48. The molecule has 0 saturated heterocycles. The lowest BCUT2D eigenvalue weighted by Crippen LogP contribution is -2.35. The molecule has 0 aromatic heterocycles. The number of carbonyl (C=O) groups excluding carboxylic acids is 1. The Kier molecular flexibility index (Phi) is 5.85. The van der Waals surface area contributed by atoms with E-state index in [1.54, 1.807) is 18.0 Å². The first-order chi connectivity index (χ1) is 11.7. The van der Waals surface area contributed by atoms with Crippen LogP contribution in [0.2, 0.25) is 0 Å². The van der Waals surface area contributed by atoms with Crippen LogP contribution in [-0.4, -0.2) is 34.2 Å². The van der Waals surface area contributed by atoms with Gasteiger partial charge in [-0.2, -0.15) is 0 Å². The molecule has 25 heavy (non-hydrogen) atoms. The molecule has 0 heterocycles. The molecule has 0 aliphatic heterocycles. The quantitative estimate of drug-likeness (QED) is 0.795. The molecule has 0 aliphatic carbocycles. The van der Waals surface area contributed by atoms with Crippen molar-refractivity contribution in [1.29, 1.82) is 0 Å². The third kappa shape index (κ3) is 4.60. The summed E-state index contributed by atoms with van der Waals surface area (Å²) >= 11 is 0. The Labute approximate surface area is 149 Å². The highest BCUT2D eigenvalue weighted by Gasteiger charge is 2.22. The van der Waals surface area contributed by atoms with Crippen LogP contribution < -0.4 is 9.21 Å². The molecule has 0 spiro atoms. The lowest BCUT2D eigenvalue weighted by atomic mass is 10.1. The van der Waals surface area contributed by atoms with Gasteiger partial charge >= 0.3 is 0 Å². The molecule has 5 nitrogen and oxygen atoms in total. The smallest absolute Gasteiger partial charge is 0.232 e. The average molecular weight is 360 g/mol. The summed E-state index contributed by atoms with van der Waals surface area (Å²) in [7, 11) is -1.79. The number of hydrogen-bond acceptors (Lipinski definition) is 3. The van der Waals surface area contributed by atoms with Crippen LogP contribution in [0.25, 0.3) is 0 Å². The number of hydrogen-bond donors (Lipinski definition) is 0. The molecule has 0 saturated carbocycles. The van der Waals surface area contributed by atoms with Crippen LogP contribution in [0.3, 0.4) is 0 Å². The maximum atomic E-state index is 12.5. The molecule has 1 amide bonds. The van der Waals surface area contributed by atoms with Crippen LogP contribution in [0.1, 0.15) is 17.5 Å². The number of amides is 1. The standard InChI is InChI=1S/C19H24N2O3S/c1-15-9-8-12-18(16(15)2)21(25(4,23)24)14-13-19(22)20(3)17-10-6-5-7-11-17/h5-12H,13-14H2,1-4H3. The van der Waals surface area contributed by atoms with Gasteiger partial charge in [-0.15, -0.1) is 0 Å². The number of nitrogens with zero attached hydrogens (tertiary/aromatic N) is 2. The van der Waals surface area contributed by atoms with E-state index in [4.69, 9.17) is 0 Å². The number of para-hydroxylation sites is 1. The number of anilines is 2. The van der Waals surface area contributed by atoms with E-state index in [1.165, 1.54) is 10.6 Å². The summed E-state index contributed by atoms with van der Waals surface area (Å²) in [4.78, 5) is 14.0. The molecule has 134 valence electrons. The van der Waals surface area contributed by atoms with Crippen LogP contribution in [0, 0.1) is 13.8 Å². The van der Waals surface area contributed by atoms with Crippen LogP contribution in [-0.2, 0) is 14.8 Å². The van der Waals surface area contributed by atoms with Crippen molar-refractivity contribution in [2.45, 2.75) is 20.3 Å². The second-order valence-corrected chi connectivity index (χ2v) is 8.00. The Morgan fingerprint density at radius 3 is 2.24 bits per heavy atom. The minimum Gasteiger partial charge on any atom is -0.315 e. The molecule has 2 aromatic carbocycles. The zero-order chi connectivity index (χ0) is 18.6. The van der Waals surface area contributed by atoms with Crippen LogP contribution in [0.15, 0.2) is 48.5 Å². The zero-order valence-electron chi connectivity index (χ0n) is 15.1. The summed E-state index contributed by atoms with van der Waals surface area (Å²) in [6.45, 7) is 3.94. The first kappa shape index (κ1) is 19.0. The number of rotatable bonds is 6. The molecule has 6 heteroatoms. The second-order valence-electron chi connectivity index (χ2n) is 6.09. The van der Waals surface area contributed by atoms with Gasteiger partial charge in [-0.3, -0.25) is 9.10 Å². The van der Waals surface area contributed by atoms with Crippen molar-refractivity contribution < 1.29 is 13.2 Å². The molecule has 0 unspecified atom stereocenters. The molecular formula is C19H24N2O3S. The fourth-order valence-corrected chi connectivity index (χ4v) is 3.61. The summed E-state index contributed by atoms with van der Waals surface area (Å²) < 4.78 is 25.8. The van der Waals surface area contributed by atoms with E-state index in [9.17, 15) is 13.2 Å². The first-order valence-electron chi connectivity index (χ1n) is 8.07. The molecule has 0 atom stereocenters. The maximum absolute atomic E-state index is 12.5. The van der Waals surface area contributed by atoms with Gasteiger partial charge in [-0.1, -0.05) is 30.3 Å². The van der Waals surface area contributed by atoms with Crippen LogP contribution in [0.4, 0.5) is 11.4 Å². The third-order valence-corrected chi connectivity index (χ3v) is 5.47. The summed E-state index contributed by atoms with van der Waals surface area (Å²) in [5.74, 6) is -0.134. The molecule has 0 bridgehead atoms. The number of aryl methyl sites for hydroxylation is 1. The highest BCUT2D eigenvalue weighted by molar-refractivity contribution is 7.92. The number of sulfonamides is 1. The Hall–Kier alpha value is -2.34. The van der Waals surface area contributed by atoms with E-state index < -0.39 is 10.0 Å². The average Bonchev–Trinajstić information content (AvgIpc) is 2.57. The minimum absolute atomic E-state index is 0.103. The van der Waals surface area contributed by atoms with E-state index in [0.29, 0.717) is 5.69 Å². The predicted octanol–water partition coefficient (Wildman–Crippen LogP) is 3.12. The largest absolute Gasteiger partial charge is 0.315 e. The third-order valence-electron chi connectivity index (χ3n) is 4.29. The van der Waals surface area contributed by atoms with Crippen molar-refractivity contribution in [3.05, 3.63) is 59.7 Å². The van der Waals surface area contributed by atoms with Gasteiger partial charge in [0.25, 0.3) is 0 Å². The van der Waals surface area contributed by atoms with Crippen molar-refractivity contribution in [3.63, 3.8) is 0 Å². The van der Waals surface area contributed by atoms with Gasteiger partial charge in [0.15, 0.2) is 0 Å². The lowest BCUT2D eigenvalue weighted by Gasteiger charge is -2.26. The molecule has 0 fully saturated rings. The zero-order valence-corrected chi connectivity index (χ0v) is 15.9. The fraction of sp³-hybridized carbons (Fsp3) is 0.316. The number of carbonyl (C=O) groups is 1. The van der Waals surface area contributed by atoms with Crippen LogP contribution >= 0.6 is 0 Å². The van der Waals surface area contributed by atoms with E-state index in [1.807, 2.05) is 56.3 Å². The van der Waals surface area contributed by atoms with Crippen LogP contribution in [0.5, 0.6) is 0 Å². The Morgan fingerprint density at radius 1 is 1.00 bits per heavy atom. The first-order valence-corrected chi connectivity index (χ1v) is 9.92. The van der Waals surface area contributed by atoms with Crippen molar-refractivity contribution in [3.8, 4) is 0 Å². The molecule has 0 radical (unpaired) electrons. The van der Waals surface area contributed by atoms with Gasteiger partial charge in [0.2, 0.25) is 15.9 Å². The van der Waals surface area contributed by atoms with Crippen molar-refractivity contribution in [1.82, 2.24) is 0 Å². The topological polar surface area (TPSA) is 57.7 Å². The Balaban J connectivity index is 2.19. The molecule has 2 aromatic rings. The highest BCUT2D eigenvalue weighted by Crippen LogP contribution is 2.25. The Morgan fingerprint density at radius 2 is 1.64 bits per heavy atom. The molecular weight excluding hydrogens is 336 g/mol. The van der Waals surface area contributed by atoms with E-state index >= 15 is 0 Å². The van der Waals surface area contributed by atoms with E-state index in [0.717, 1.165) is 16.8 Å². The summed E-state index contributed by atoms with van der Waals surface area (Å²) in [5, 5.41) is 0. The van der Waals surface area contributed by atoms with Crippen molar-refractivity contribution >= 4 is 27.3 Å². The number of benzene rings is 2. The highest BCUT2D eigenvalue weighted by atomic mass is 32.2. The van der Waals surface area contributed by atoms with Gasteiger partial charge in [0.1, 0.15) is 0 Å². The molecule has 0 aliphatic rings. The fourth-order valence-electron chi connectivity index (χ4n) is 2.63. The summed E-state index contributed by atoms with van der Waals surface area (Å²) in [6.07, 6.45) is 1.27. The van der Waals surface area contributed by atoms with E-state index in [-0.39, 0.29) is 18.9 Å². The predicted molar refractivity (Wildman–Crippen MR) is 103 cm³/mol. The monoisotopic (exact) mass is 360 g/mol. The molecule has 2 rings (SSSR count). The van der Waals surface area contributed by atoms with Gasteiger partial charge < -0.3 is 4.90 Å². The van der Waals surface area contributed by atoms with Gasteiger partial charge in [0, 0.05) is 25.7 Å². The van der Waals surface area contributed by atoms with Gasteiger partial charge in [-0.25, -0.2) is 8.42 Å². The Bertz CT molecular complexity index is 848. The normalized spacial score (nSPS) is 11.2.